The summed E-state index contributed by atoms with van der Waals surface area (Å²) in [4.78, 5) is 11.9. The van der Waals surface area contributed by atoms with Gasteiger partial charge in [0.1, 0.15) is 0 Å². The first-order valence-corrected chi connectivity index (χ1v) is 6.38. The van der Waals surface area contributed by atoms with Crippen molar-refractivity contribution < 1.29 is 9.53 Å². The maximum Gasteiger partial charge on any atom is 0.254 e. The molecule has 1 aromatic rings. The second-order valence-electron chi connectivity index (χ2n) is 5.78. The summed E-state index contributed by atoms with van der Waals surface area (Å²) in [5.41, 5.74) is 0.515. The Morgan fingerprint density at radius 1 is 1.61 bits per heavy atom. The molecule has 0 saturated carbocycles. The number of rotatable bonds is 3. The predicted octanol–water partition coefficient (Wildman–Crippen LogP) is 1.40. The van der Waals surface area contributed by atoms with Gasteiger partial charge >= 0.3 is 0 Å². The molecule has 2 heterocycles. The molecular weight excluding hydrogens is 230 g/mol. The van der Waals surface area contributed by atoms with Crippen molar-refractivity contribution in [1.29, 1.82) is 0 Å². The van der Waals surface area contributed by atoms with Crippen LogP contribution in [0.3, 0.4) is 0 Å². The highest BCUT2D eigenvalue weighted by atomic mass is 16.5. The Labute approximate surface area is 108 Å². The average molecular weight is 251 g/mol. The molecule has 0 radical (unpaired) electrons. The van der Waals surface area contributed by atoms with Crippen LogP contribution in [0.1, 0.15) is 37.6 Å². The number of carbonyl (C=O) groups excluding carboxylic acids is 1. The molecule has 5 heteroatoms. The molecule has 2 rings (SSSR count). The second kappa shape index (κ2) is 5.10. The maximum atomic E-state index is 11.9. The van der Waals surface area contributed by atoms with E-state index in [4.69, 9.17) is 4.74 Å². The van der Waals surface area contributed by atoms with E-state index in [-0.39, 0.29) is 11.4 Å². The third-order valence-electron chi connectivity index (χ3n) is 3.11. The highest BCUT2D eigenvalue weighted by Gasteiger charge is 2.19. The molecule has 100 valence electrons. The molecule has 1 saturated heterocycles. The van der Waals surface area contributed by atoms with Gasteiger partial charge in [-0.05, 0) is 27.2 Å². The highest BCUT2D eigenvalue weighted by Crippen LogP contribution is 2.14. The van der Waals surface area contributed by atoms with Gasteiger partial charge in [0, 0.05) is 25.3 Å². The van der Waals surface area contributed by atoms with Crippen LogP contribution in [0.4, 0.5) is 0 Å². The Hall–Kier alpha value is -1.36. The summed E-state index contributed by atoms with van der Waals surface area (Å²) in [6.45, 7) is 8.40. The van der Waals surface area contributed by atoms with Crippen LogP contribution in [0.25, 0.3) is 0 Å². The minimum absolute atomic E-state index is 0.0580. The van der Waals surface area contributed by atoms with E-state index in [0.29, 0.717) is 18.0 Å². The fraction of sp³-hybridized carbons (Fsp3) is 0.692. The molecule has 18 heavy (non-hydrogen) atoms. The van der Waals surface area contributed by atoms with Crippen molar-refractivity contribution in [2.75, 3.05) is 19.8 Å². The molecule has 1 aliphatic heterocycles. The van der Waals surface area contributed by atoms with Crippen LogP contribution in [-0.4, -0.2) is 35.4 Å². The fourth-order valence-corrected chi connectivity index (χ4v) is 1.89. The lowest BCUT2D eigenvalue weighted by molar-refractivity contribution is 0.0945. The minimum atomic E-state index is -0.0994. The molecule has 0 unspecified atom stereocenters. The summed E-state index contributed by atoms with van der Waals surface area (Å²) >= 11 is 0. The molecule has 0 bridgehead atoms. The zero-order valence-electron chi connectivity index (χ0n) is 11.3. The van der Waals surface area contributed by atoms with Gasteiger partial charge in [0.15, 0.2) is 0 Å². The van der Waals surface area contributed by atoms with Crippen molar-refractivity contribution in [3.63, 3.8) is 0 Å². The first kappa shape index (κ1) is 13.1. The Morgan fingerprint density at radius 2 is 2.39 bits per heavy atom. The van der Waals surface area contributed by atoms with Crippen LogP contribution in [0.5, 0.6) is 0 Å². The minimum Gasteiger partial charge on any atom is -0.381 e. The van der Waals surface area contributed by atoms with E-state index in [1.54, 1.807) is 17.1 Å². The SMILES string of the molecule is CC(C)(C)n1cc(C(=O)NC[C@H]2CCOC2)cn1. The number of carbonyl (C=O) groups is 1. The Morgan fingerprint density at radius 3 is 2.94 bits per heavy atom. The Bertz CT molecular complexity index is 414. The van der Waals surface area contributed by atoms with Gasteiger partial charge in [-0.2, -0.15) is 5.10 Å². The second-order valence-corrected chi connectivity index (χ2v) is 5.78. The standard InChI is InChI=1S/C13H21N3O2/c1-13(2,3)16-8-11(7-15-16)12(17)14-6-10-4-5-18-9-10/h7-8,10H,4-6,9H2,1-3H3,(H,14,17)/t10-/m1/s1. The number of amides is 1. The Balaban J connectivity index is 1.90. The van der Waals surface area contributed by atoms with E-state index in [1.807, 2.05) is 0 Å². The van der Waals surface area contributed by atoms with E-state index in [9.17, 15) is 4.79 Å². The van der Waals surface area contributed by atoms with Crippen molar-refractivity contribution in [2.24, 2.45) is 5.92 Å². The molecule has 1 N–H and O–H groups in total. The topological polar surface area (TPSA) is 56.2 Å². The summed E-state index contributed by atoms with van der Waals surface area (Å²) < 4.78 is 7.08. The maximum absolute atomic E-state index is 11.9. The largest absolute Gasteiger partial charge is 0.381 e. The summed E-state index contributed by atoms with van der Waals surface area (Å²) in [5, 5.41) is 7.15. The number of nitrogens with one attached hydrogen (secondary N) is 1. The lowest BCUT2D eigenvalue weighted by atomic mass is 10.1. The normalized spacial score (nSPS) is 20.1. The summed E-state index contributed by atoms with van der Waals surface area (Å²) in [7, 11) is 0. The lowest BCUT2D eigenvalue weighted by Gasteiger charge is -2.18. The molecule has 1 aromatic heterocycles. The van der Waals surface area contributed by atoms with Gasteiger partial charge in [0.2, 0.25) is 0 Å². The number of aromatic nitrogens is 2. The molecule has 0 aromatic carbocycles. The van der Waals surface area contributed by atoms with Gasteiger partial charge in [-0.15, -0.1) is 0 Å². The quantitative estimate of drug-likeness (QED) is 0.883. The molecule has 5 nitrogen and oxygen atoms in total. The van der Waals surface area contributed by atoms with Crippen LogP contribution in [0.2, 0.25) is 0 Å². The lowest BCUT2D eigenvalue weighted by Crippen LogP contribution is -2.29. The molecular formula is C13H21N3O2. The number of nitrogens with zero attached hydrogens (tertiary/aromatic N) is 2. The molecule has 1 amide bonds. The van der Waals surface area contributed by atoms with Crippen molar-refractivity contribution in [1.82, 2.24) is 15.1 Å². The van der Waals surface area contributed by atoms with Crippen molar-refractivity contribution >= 4 is 5.91 Å². The van der Waals surface area contributed by atoms with Gasteiger partial charge in [0.05, 0.1) is 23.9 Å². The van der Waals surface area contributed by atoms with Crippen LogP contribution in [-0.2, 0) is 10.3 Å². The van der Waals surface area contributed by atoms with Crippen molar-refractivity contribution in [3.8, 4) is 0 Å². The predicted molar refractivity (Wildman–Crippen MR) is 68.5 cm³/mol. The van der Waals surface area contributed by atoms with Gasteiger partial charge < -0.3 is 10.1 Å². The molecule has 0 aliphatic carbocycles. The van der Waals surface area contributed by atoms with E-state index in [1.165, 1.54) is 0 Å². The molecule has 0 spiro atoms. The van der Waals surface area contributed by atoms with E-state index >= 15 is 0 Å². The highest BCUT2D eigenvalue weighted by molar-refractivity contribution is 5.93. The smallest absolute Gasteiger partial charge is 0.254 e. The van der Waals surface area contributed by atoms with Crippen LogP contribution < -0.4 is 5.32 Å². The number of ether oxygens (including phenoxy) is 1. The van der Waals surface area contributed by atoms with Crippen LogP contribution in [0.15, 0.2) is 12.4 Å². The molecule has 1 fully saturated rings. The van der Waals surface area contributed by atoms with Gasteiger partial charge in [-0.25, -0.2) is 0 Å². The zero-order chi connectivity index (χ0) is 13.2. The van der Waals surface area contributed by atoms with Crippen molar-refractivity contribution in [3.05, 3.63) is 18.0 Å². The average Bonchev–Trinajstić information content (AvgIpc) is 2.96. The van der Waals surface area contributed by atoms with E-state index in [2.05, 4.69) is 31.2 Å². The summed E-state index contributed by atoms with van der Waals surface area (Å²) in [5.74, 6) is 0.393. The monoisotopic (exact) mass is 251 g/mol. The van der Waals surface area contributed by atoms with E-state index in [0.717, 1.165) is 19.6 Å². The fourth-order valence-electron chi connectivity index (χ4n) is 1.89. The summed E-state index contributed by atoms with van der Waals surface area (Å²) in [6.07, 6.45) is 4.44. The zero-order valence-corrected chi connectivity index (χ0v) is 11.3. The third kappa shape index (κ3) is 3.10. The van der Waals surface area contributed by atoms with Crippen LogP contribution in [0, 0.1) is 5.92 Å². The Kier molecular flexibility index (Phi) is 3.71. The van der Waals surface area contributed by atoms with Gasteiger partial charge in [-0.1, -0.05) is 0 Å². The number of hydrogen-bond acceptors (Lipinski definition) is 3. The van der Waals surface area contributed by atoms with Crippen molar-refractivity contribution in [2.45, 2.75) is 32.7 Å². The number of hydrogen-bond donors (Lipinski definition) is 1. The molecule has 1 atom stereocenters. The molecule has 1 aliphatic rings. The first-order valence-electron chi connectivity index (χ1n) is 6.38. The van der Waals surface area contributed by atoms with Crippen LogP contribution >= 0.6 is 0 Å². The van der Waals surface area contributed by atoms with Gasteiger partial charge in [0.25, 0.3) is 5.91 Å². The summed E-state index contributed by atoms with van der Waals surface area (Å²) in [6, 6.07) is 0. The van der Waals surface area contributed by atoms with Gasteiger partial charge in [-0.3, -0.25) is 9.48 Å². The van der Waals surface area contributed by atoms with E-state index < -0.39 is 0 Å². The first-order chi connectivity index (χ1) is 8.47. The third-order valence-corrected chi connectivity index (χ3v) is 3.11.